The lowest BCUT2D eigenvalue weighted by molar-refractivity contribution is -0.173. The topological polar surface area (TPSA) is 50.2 Å². The zero-order chi connectivity index (χ0) is 18.5. The summed E-state index contributed by atoms with van der Waals surface area (Å²) in [5, 5.41) is 9.02. The zero-order valence-electron chi connectivity index (χ0n) is 13.6. The fourth-order valence-electron chi connectivity index (χ4n) is 3.47. The third kappa shape index (κ3) is 3.02. The predicted molar refractivity (Wildman–Crippen MR) is 95.5 cm³/mol. The molecule has 1 fully saturated rings. The highest BCUT2D eigenvalue weighted by Gasteiger charge is 2.48. The molecular weight excluding hydrogens is 433 g/mol. The van der Waals surface area contributed by atoms with E-state index in [1.807, 2.05) is 17.5 Å². The second-order valence-electron chi connectivity index (χ2n) is 6.46. The fourth-order valence-corrected chi connectivity index (χ4v) is 4.81. The summed E-state index contributed by atoms with van der Waals surface area (Å²) in [6, 6.07) is 1.37. The van der Waals surface area contributed by atoms with Crippen LogP contribution in [-0.4, -0.2) is 39.9 Å². The number of likely N-dealkylation sites (tertiary alicyclic amines) is 1. The summed E-state index contributed by atoms with van der Waals surface area (Å²) in [6.07, 6.45) is -2.81. The number of carbonyl (C=O) groups excluding carboxylic acids is 1. The molecule has 0 radical (unpaired) electrons. The Balaban J connectivity index is 1.74. The Morgan fingerprint density at radius 1 is 1.35 bits per heavy atom. The average molecular weight is 449 g/mol. The molecule has 2 aliphatic rings. The van der Waals surface area contributed by atoms with Crippen LogP contribution in [0.3, 0.4) is 0 Å². The van der Waals surface area contributed by atoms with Gasteiger partial charge in [-0.1, -0.05) is 6.07 Å². The molecule has 1 saturated heterocycles. The highest BCUT2D eigenvalue weighted by atomic mass is 79.9. The van der Waals surface area contributed by atoms with E-state index >= 15 is 0 Å². The summed E-state index contributed by atoms with van der Waals surface area (Å²) in [4.78, 5) is 15.1. The number of thiophene rings is 1. The number of hydrogen-bond acceptors (Lipinski definition) is 4. The number of rotatable bonds is 2. The third-order valence-electron chi connectivity index (χ3n) is 4.78. The van der Waals surface area contributed by atoms with Gasteiger partial charge in [0, 0.05) is 24.4 Å². The van der Waals surface area contributed by atoms with Crippen LogP contribution >= 0.6 is 27.3 Å². The minimum atomic E-state index is -4.45. The molecule has 4 rings (SSSR count). The second kappa shape index (κ2) is 6.56. The molecule has 5 nitrogen and oxygen atoms in total. The van der Waals surface area contributed by atoms with Gasteiger partial charge in [-0.3, -0.25) is 4.79 Å². The first-order valence-electron chi connectivity index (χ1n) is 8.30. The molecule has 1 N–H and O–H groups in total. The number of nitrogens with zero attached hydrogens (tertiary/aromatic N) is 3. The van der Waals surface area contributed by atoms with Gasteiger partial charge in [0.25, 0.3) is 5.91 Å². The minimum absolute atomic E-state index is 0.0375. The Morgan fingerprint density at radius 2 is 2.08 bits per heavy atom. The number of carbonyl (C=O) groups is 1. The number of aromatic nitrogens is 2. The molecule has 26 heavy (non-hydrogen) atoms. The molecule has 10 heteroatoms. The second-order valence-corrected chi connectivity index (χ2v) is 8.23. The van der Waals surface area contributed by atoms with Gasteiger partial charge in [0.15, 0.2) is 11.7 Å². The molecule has 0 aliphatic carbocycles. The van der Waals surface area contributed by atoms with Gasteiger partial charge >= 0.3 is 6.18 Å². The van der Waals surface area contributed by atoms with E-state index in [1.165, 1.54) is 11.3 Å². The summed E-state index contributed by atoms with van der Waals surface area (Å²) in [6.45, 7) is 1.23. The molecule has 2 aromatic rings. The van der Waals surface area contributed by atoms with Crippen LogP contribution in [-0.2, 0) is 0 Å². The Bertz CT molecular complexity index is 814. The van der Waals surface area contributed by atoms with E-state index < -0.39 is 18.3 Å². The number of anilines is 1. The van der Waals surface area contributed by atoms with Crippen molar-refractivity contribution in [2.24, 2.45) is 0 Å². The van der Waals surface area contributed by atoms with Crippen molar-refractivity contribution in [2.45, 2.75) is 37.5 Å². The van der Waals surface area contributed by atoms with Crippen LogP contribution in [0.15, 0.2) is 22.0 Å². The van der Waals surface area contributed by atoms with Gasteiger partial charge in [0.2, 0.25) is 0 Å². The van der Waals surface area contributed by atoms with Crippen molar-refractivity contribution in [1.82, 2.24) is 14.7 Å². The van der Waals surface area contributed by atoms with Crippen LogP contribution in [0.1, 0.15) is 46.7 Å². The molecule has 0 spiro atoms. The van der Waals surface area contributed by atoms with Gasteiger partial charge in [0.05, 0.1) is 10.5 Å². The van der Waals surface area contributed by atoms with Crippen LogP contribution in [0, 0.1) is 0 Å². The Labute approximate surface area is 160 Å². The smallest absolute Gasteiger partial charge is 0.362 e. The van der Waals surface area contributed by atoms with Crippen molar-refractivity contribution >= 4 is 39.0 Å². The lowest BCUT2D eigenvalue weighted by Gasteiger charge is -2.33. The number of amides is 1. The van der Waals surface area contributed by atoms with Gasteiger partial charge in [0.1, 0.15) is 5.82 Å². The van der Waals surface area contributed by atoms with E-state index in [-0.39, 0.29) is 23.8 Å². The summed E-state index contributed by atoms with van der Waals surface area (Å²) in [5.74, 6) is -0.119. The third-order valence-corrected chi connectivity index (χ3v) is 6.52. The zero-order valence-corrected chi connectivity index (χ0v) is 16.0. The van der Waals surface area contributed by atoms with E-state index in [4.69, 9.17) is 0 Å². The molecule has 1 amide bonds. The van der Waals surface area contributed by atoms with Crippen molar-refractivity contribution < 1.29 is 18.0 Å². The first kappa shape index (κ1) is 17.8. The lowest BCUT2D eigenvalue weighted by atomic mass is 10.0. The van der Waals surface area contributed by atoms with Crippen molar-refractivity contribution in [3.8, 4) is 0 Å². The van der Waals surface area contributed by atoms with Gasteiger partial charge in [-0.05, 0) is 40.2 Å². The molecular formula is C16H16BrF3N4OS. The van der Waals surface area contributed by atoms with Gasteiger partial charge in [-0.25, -0.2) is 4.68 Å². The highest BCUT2D eigenvalue weighted by Crippen LogP contribution is 2.47. The van der Waals surface area contributed by atoms with Crippen LogP contribution in [0.25, 0.3) is 0 Å². The Morgan fingerprint density at radius 3 is 2.69 bits per heavy atom. The quantitative estimate of drug-likeness (QED) is 0.729. The maximum absolute atomic E-state index is 13.7. The molecule has 0 saturated carbocycles. The molecule has 0 aromatic carbocycles. The maximum atomic E-state index is 13.7. The van der Waals surface area contributed by atoms with Crippen molar-refractivity contribution in [2.75, 3.05) is 18.4 Å². The molecule has 2 atom stereocenters. The average Bonchev–Trinajstić information content (AvgIpc) is 3.34. The molecule has 2 aromatic heterocycles. The van der Waals surface area contributed by atoms with E-state index in [0.29, 0.717) is 17.6 Å². The van der Waals surface area contributed by atoms with Gasteiger partial charge < -0.3 is 10.2 Å². The van der Waals surface area contributed by atoms with Crippen LogP contribution < -0.4 is 5.32 Å². The van der Waals surface area contributed by atoms with E-state index in [0.717, 1.165) is 22.4 Å². The SMILES string of the molecule is O=C(c1nn2c(c1Br)N[C@H](c1cccs1)C[C@@H]2C(F)(F)F)N1CCCC1. The summed E-state index contributed by atoms with van der Waals surface area (Å²) in [7, 11) is 0. The van der Waals surface area contributed by atoms with E-state index in [1.54, 1.807) is 4.90 Å². The number of alkyl halides is 3. The largest absolute Gasteiger partial charge is 0.410 e. The normalized spacial score (nSPS) is 23.0. The summed E-state index contributed by atoms with van der Waals surface area (Å²) in [5.41, 5.74) is 0.0375. The van der Waals surface area contributed by atoms with Crippen molar-refractivity contribution in [3.63, 3.8) is 0 Å². The van der Waals surface area contributed by atoms with Crippen LogP contribution in [0.5, 0.6) is 0 Å². The fraction of sp³-hybridized carbons (Fsp3) is 0.500. The minimum Gasteiger partial charge on any atom is -0.362 e. The standard InChI is InChI=1S/C16H16BrF3N4OS/c17-12-13(15(25)23-5-1-2-6-23)22-24-11(16(18,19)20)8-9(21-14(12)24)10-4-3-7-26-10/h3-4,7,9,11,21H,1-2,5-6,8H2/t9-,11+/m0/s1. The van der Waals surface area contributed by atoms with Crippen molar-refractivity contribution in [3.05, 3.63) is 32.6 Å². The number of hydrogen-bond donors (Lipinski definition) is 1. The monoisotopic (exact) mass is 448 g/mol. The predicted octanol–water partition coefficient (Wildman–Crippen LogP) is 4.60. The molecule has 0 bridgehead atoms. The molecule has 2 aliphatic heterocycles. The van der Waals surface area contributed by atoms with Crippen molar-refractivity contribution in [1.29, 1.82) is 0 Å². The summed E-state index contributed by atoms with van der Waals surface area (Å²) >= 11 is 4.72. The van der Waals surface area contributed by atoms with E-state index in [9.17, 15) is 18.0 Å². The maximum Gasteiger partial charge on any atom is 0.410 e. The summed E-state index contributed by atoms with van der Waals surface area (Å²) < 4.78 is 42.3. The van der Waals surface area contributed by atoms with Crippen LogP contribution in [0.2, 0.25) is 0 Å². The van der Waals surface area contributed by atoms with Crippen LogP contribution in [0.4, 0.5) is 19.0 Å². The molecule has 4 heterocycles. The number of fused-ring (bicyclic) bond motifs is 1. The van der Waals surface area contributed by atoms with E-state index in [2.05, 4.69) is 26.3 Å². The first-order chi connectivity index (χ1) is 12.4. The Hall–Kier alpha value is -1.55. The number of halogens is 4. The molecule has 140 valence electrons. The number of nitrogens with one attached hydrogen (secondary N) is 1. The van der Waals surface area contributed by atoms with Gasteiger partial charge in [-0.2, -0.15) is 18.3 Å². The molecule has 0 unspecified atom stereocenters. The lowest BCUT2D eigenvalue weighted by Crippen LogP contribution is -2.35. The van der Waals surface area contributed by atoms with Gasteiger partial charge in [-0.15, -0.1) is 11.3 Å². The highest BCUT2D eigenvalue weighted by molar-refractivity contribution is 9.10. The Kier molecular flexibility index (Phi) is 4.50. The first-order valence-corrected chi connectivity index (χ1v) is 9.97.